The molecular formula is C23H29N3O5. The first-order valence-corrected chi connectivity index (χ1v) is 10.5. The summed E-state index contributed by atoms with van der Waals surface area (Å²) in [6, 6.07) is 10.1. The molecule has 0 bridgehead atoms. The van der Waals surface area contributed by atoms with Gasteiger partial charge in [0.15, 0.2) is 6.61 Å². The van der Waals surface area contributed by atoms with E-state index in [0.717, 1.165) is 5.56 Å². The van der Waals surface area contributed by atoms with Gasteiger partial charge in [-0.25, -0.2) is 0 Å². The lowest BCUT2D eigenvalue weighted by molar-refractivity contribution is -0.137. The molecule has 2 heterocycles. The highest BCUT2D eigenvalue weighted by Gasteiger charge is 2.24. The van der Waals surface area contributed by atoms with Gasteiger partial charge in [-0.15, -0.1) is 0 Å². The van der Waals surface area contributed by atoms with Crippen molar-refractivity contribution < 1.29 is 24.2 Å². The van der Waals surface area contributed by atoms with Gasteiger partial charge < -0.3 is 24.4 Å². The topological polar surface area (TPSA) is 92.2 Å². The maximum atomic E-state index is 13.2. The molecule has 0 saturated carbocycles. The van der Waals surface area contributed by atoms with Crippen molar-refractivity contribution in [3.05, 3.63) is 59.9 Å². The maximum absolute atomic E-state index is 13.2. The van der Waals surface area contributed by atoms with Crippen LogP contribution in [-0.2, 0) is 16.1 Å². The second-order valence-electron chi connectivity index (χ2n) is 7.35. The van der Waals surface area contributed by atoms with Crippen molar-refractivity contribution in [1.82, 2.24) is 14.8 Å². The van der Waals surface area contributed by atoms with Gasteiger partial charge in [0.05, 0.1) is 25.9 Å². The lowest BCUT2D eigenvalue weighted by atomic mass is 10.1. The van der Waals surface area contributed by atoms with Crippen molar-refractivity contribution in [3.8, 4) is 5.75 Å². The number of carbonyl (C=O) groups is 2. The zero-order valence-electron chi connectivity index (χ0n) is 17.8. The van der Waals surface area contributed by atoms with Crippen LogP contribution in [0.1, 0.15) is 29.3 Å². The van der Waals surface area contributed by atoms with Crippen molar-refractivity contribution in [3.63, 3.8) is 0 Å². The van der Waals surface area contributed by atoms with E-state index < -0.39 is 0 Å². The van der Waals surface area contributed by atoms with Crippen molar-refractivity contribution in [2.45, 2.75) is 25.9 Å². The Morgan fingerprint density at radius 3 is 2.58 bits per heavy atom. The summed E-state index contributed by atoms with van der Waals surface area (Å²) in [4.78, 5) is 32.9. The van der Waals surface area contributed by atoms with E-state index >= 15 is 0 Å². The number of morpholine rings is 1. The number of rotatable bonds is 9. The van der Waals surface area contributed by atoms with E-state index in [1.54, 1.807) is 46.5 Å². The summed E-state index contributed by atoms with van der Waals surface area (Å²) < 4.78 is 10.8. The molecule has 0 spiro atoms. The average Bonchev–Trinajstić information content (AvgIpc) is 2.83. The van der Waals surface area contributed by atoms with Crippen molar-refractivity contribution >= 4 is 11.8 Å². The lowest BCUT2D eigenvalue weighted by Crippen LogP contribution is -2.43. The van der Waals surface area contributed by atoms with Crippen molar-refractivity contribution in [2.75, 3.05) is 39.5 Å². The van der Waals surface area contributed by atoms with Gasteiger partial charge in [-0.05, 0) is 42.3 Å². The van der Waals surface area contributed by atoms with E-state index in [2.05, 4.69) is 4.98 Å². The van der Waals surface area contributed by atoms with E-state index in [1.807, 2.05) is 19.1 Å². The molecule has 0 radical (unpaired) electrons. The number of hydrogen-bond donors (Lipinski definition) is 1. The van der Waals surface area contributed by atoms with Crippen LogP contribution in [0.3, 0.4) is 0 Å². The first-order chi connectivity index (χ1) is 15.1. The molecular weight excluding hydrogens is 398 g/mol. The fourth-order valence-corrected chi connectivity index (χ4v) is 3.41. The number of aliphatic hydroxyl groups is 1. The van der Waals surface area contributed by atoms with Gasteiger partial charge in [-0.3, -0.25) is 14.6 Å². The van der Waals surface area contributed by atoms with Gasteiger partial charge in [0.2, 0.25) is 0 Å². The zero-order chi connectivity index (χ0) is 22.1. The predicted octanol–water partition coefficient (Wildman–Crippen LogP) is 1.73. The summed E-state index contributed by atoms with van der Waals surface area (Å²) in [5.74, 6) is 0.256. The molecule has 166 valence electrons. The van der Waals surface area contributed by atoms with Gasteiger partial charge in [0.25, 0.3) is 11.8 Å². The third-order valence-electron chi connectivity index (χ3n) is 5.29. The summed E-state index contributed by atoms with van der Waals surface area (Å²) in [5, 5.41) is 9.77. The van der Waals surface area contributed by atoms with Crippen LogP contribution >= 0.6 is 0 Å². The van der Waals surface area contributed by atoms with Crippen molar-refractivity contribution in [1.29, 1.82) is 0 Å². The molecule has 31 heavy (non-hydrogen) atoms. The maximum Gasteiger partial charge on any atom is 0.260 e. The number of amides is 2. The predicted molar refractivity (Wildman–Crippen MR) is 115 cm³/mol. The fourth-order valence-electron chi connectivity index (χ4n) is 3.41. The minimum atomic E-state index is -0.297. The first kappa shape index (κ1) is 22.7. The number of benzene rings is 1. The Hall–Kier alpha value is -2.97. The van der Waals surface area contributed by atoms with Gasteiger partial charge in [-0.2, -0.15) is 0 Å². The minimum absolute atomic E-state index is 0.0527. The van der Waals surface area contributed by atoms with Crippen LogP contribution in [0.4, 0.5) is 0 Å². The van der Waals surface area contributed by atoms with Gasteiger partial charge >= 0.3 is 0 Å². The molecule has 1 aromatic heterocycles. The van der Waals surface area contributed by atoms with Crippen LogP contribution < -0.4 is 4.74 Å². The average molecular weight is 428 g/mol. The fraction of sp³-hybridized carbons (Fsp3) is 0.435. The Morgan fingerprint density at radius 1 is 1.23 bits per heavy atom. The molecule has 1 fully saturated rings. The normalized spacial score (nSPS) is 14.7. The molecule has 1 aromatic carbocycles. The molecule has 1 aliphatic rings. The van der Waals surface area contributed by atoms with Crippen LogP contribution in [0.25, 0.3) is 0 Å². The summed E-state index contributed by atoms with van der Waals surface area (Å²) in [6.07, 6.45) is 4.03. The van der Waals surface area contributed by atoms with Crippen molar-refractivity contribution in [2.24, 2.45) is 0 Å². The summed E-state index contributed by atoms with van der Waals surface area (Å²) >= 11 is 0. The summed E-state index contributed by atoms with van der Waals surface area (Å²) in [6.45, 7) is 4.37. The molecule has 8 nitrogen and oxygen atoms in total. The third kappa shape index (κ3) is 6.26. The molecule has 2 amide bonds. The quantitative estimate of drug-likeness (QED) is 0.655. The molecule has 1 unspecified atom stereocenters. The number of carbonyl (C=O) groups excluding carboxylic acids is 2. The zero-order valence-corrected chi connectivity index (χ0v) is 17.8. The number of hydrogen-bond acceptors (Lipinski definition) is 6. The number of aliphatic hydroxyl groups excluding tert-OH is 1. The van der Waals surface area contributed by atoms with Gasteiger partial charge in [-0.1, -0.05) is 13.0 Å². The van der Waals surface area contributed by atoms with E-state index in [4.69, 9.17) is 9.47 Å². The second kappa shape index (κ2) is 11.4. The molecule has 1 atom stereocenters. The Balaban J connectivity index is 1.64. The Kier molecular flexibility index (Phi) is 8.37. The van der Waals surface area contributed by atoms with E-state index in [0.29, 0.717) is 50.6 Å². The SMILES string of the molecule is CCC(CO)N(Cc1cccnc1)C(=O)c1ccc(OCC(=O)N2CCOCC2)cc1. The molecule has 8 heteroatoms. The highest BCUT2D eigenvalue weighted by molar-refractivity contribution is 5.94. The van der Waals surface area contributed by atoms with Gasteiger partial charge in [0, 0.05) is 37.6 Å². The Labute approximate surface area is 182 Å². The van der Waals surface area contributed by atoms with Crippen LogP contribution in [0.15, 0.2) is 48.8 Å². The molecule has 2 aromatic rings. The molecule has 3 rings (SSSR count). The lowest BCUT2D eigenvalue weighted by Gasteiger charge is -2.30. The van der Waals surface area contributed by atoms with Crippen LogP contribution in [0.5, 0.6) is 5.75 Å². The highest BCUT2D eigenvalue weighted by Crippen LogP contribution is 2.18. The minimum Gasteiger partial charge on any atom is -0.484 e. The first-order valence-electron chi connectivity index (χ1n) is 10.5. The van der Waals surface area contributed by atoms with Crippen LogP contribution in [-0.4, -0.2) is 77.3 Å². The number of aromatic nitrogens is 1. The smallest absolute Gasteiger partial charge is 0.260 e. The standard InChI is InChI=1S/C23H29N3O5/c1-2-20(16-27)26(15-18-4-3-9-24-14-18)23(29)19-5-7-21(8-6-19)31-17-22(28)25-10-12-30-13-11-25/h3-9,14,20,27H,2,10-13,15-17H2,1H3. The number of nitrogens with zero attached hydrogens (tertiary/aromatic N) is 3. The molecule has 1 saturated heterocycles. The van der Waals surface area contributed by atoms with Crippen LogP contribution in [0, 0.1) is 0 Å². The number of pyridine rings is 1. The summed E-state index contributed by atoms with van der Waals surface area (Å²) in [7, 11) is 0. The largest absolute Gasteiger partial charge is 0.484 e. The van der Waals surface area contributed by atoms with Crippen LogP contribution in [0.2, 0.25) is 0 Å². The molecule has 1 aliphatic heterocycles. The Bertz CT molecular complexity index is 834. The third-order valence-corrected chi connectivity index (χ3v) is 5.29. The van der Waals surface area contributed by atoms with E-state index in [1.165, 1.54) is 0 Å². The van der Waals surface area contributed by atoms with E-state index in [9.17, 15) is 14.7 Å². The van der Waals surface area contributed by atoms with Gasteiger partial charge in [0.1, 0.15) is 5.75 Å². The Morgan fingerprint density at radius 2 is 1.97 bits per heavy atom. The van der Waals surface area contributed by atoms with E-state index in [-0.39, 0.29) is 31.1 Å². The second-order valence-corrected chi connectivity index (χ2v) is 7.35. The molecule has 0 aliphatic carbocycles. The monoisotopic (exact) mass is 427 g/mol. The molecule has 1 N–H and O–H groups in total. The highest BCUT2D eigenvalue weighted by atomic mass is 16.5. The number of ether oxygens (including phenoxy) is 2. The summed E-state index contributed by atoms with van der Waals surface area (Å²) in [5.41, 5.74) is 1.38.